The highest BCUT2D eigenvalue weighted by Crippen LogP contribution is 2.23. The van der Waals surface area contributed by atoms with E-state index in [1.165, 1.54) is 6.07 Å². The first-order chi connectivity index (χ1) is 7.45. The molecule has 0 saturated carbocycles. The second kappa shape index (κ2) is 5.09. The van der Waals surface area contributed by atoms with Crippen LogP contribution in [0, 0.1) is 5.82 Å². The van der Waals surface area contributed by atoms with Crippen LogP contribution in [0.1, 0.15) is 6.42 Å². The molecule has 1 rings (SSSR count). The van der Waals surface area contributed by atoms with Crippen LogP contribution in [0.5, 0.6) is 5.75 Å². The molecule has 0 aliphatic heterocycles. The lowest BCUT2D eigenvalue weighted by atomic mass is 10.3. The van der Waals surface area contributed by atoms with Crippen LogP contribution in [-0.2, 0) is 10.0 Å². The molecule has 0 aromatic heterocycles. The van der Waals surface area contributed by atoms with Crippen LogP contribution in [-0.4, -0.2) is 15.0 Å². The average Bonchev–Trinajstić information content (AvgIpc) is 2.19. The lowest BCUT2D eigenvalue weighted by Gasteiger charge is -2.09. The Morgan fingerprint density at radius 1 is 1.50 bits per heavy atom. The quantitative estimate of drug-likeness (QED) is 0.630. The molecule has 0 aliphatic carbocycles. The van der Waals surface area contributed by atoms with E-state index in [2.05, 4.69) is 6.58 Å². The van der Waals surface area contributed by atoms with Crippen LogP contribution in [0.15, 0.2) is 35.7 Å². The molecule has 0 unspecified atom stereocenters. The van der Waals surface area contributed by atoms with Crippen LogP contribution >= 0.6 is 0 Å². The van der Waals surface area contributed by atoms with Crippen LogP contribution in [0.4, 0.5) is 4.39 Å². The number of halogens is 1. The number of hydrogen-bond donors (Lipinski definition) is 1. The summed E-state index contributed by atoms with van der Waals surface area (Å²) in [4.78, 5) is -0.350. The molecular weight excluding hydrogens is 233 g/mol. The Hall–Kier alpha value is -1.40. The van der Waals surface area contributed by atoms with E-state index < -0.39 is 15.8 Å². The molecule has 0 atom stereocenters. The SMILES string of the molecule is C=CCCOc1ccc(F)cc1S(N)(=O)=O. The highest BCUT2D eigenvalue weighted by atomic mass is 32.2. The molecule has 0 radical (unpaired) electrons. The van der Waals surface area contributed by atoms with Crippen LogP contribution < -0.4 is 9.88 Å². The van der Waals surface area contributed by atoms with Gasteiger partial charge in [0.2, 0.25) is 10.0 Å². The molecule has 16 heavy (non-hydrogen) atoms. The maximum Gasteiger partial charge on any atom is 0.241 e. The van der Waals surface area contributed by atoms with Gasteiger partial charge in [-0.05, 0) is 24.6 Å². The number of benzene rings is 1. The predicted molar refractivity (Wildman–Crippen MR) is 58.1 cm³/mol. The van der Waals surface area contributed by atoms with Gasteiger partial charge in [-0.2, -0.15) is 0 Å². The van der Waals surface area contributed by atoms with Gasteiger partial charge in [-0.25, -0.2) is 17.9 Å². The summed E-state index contributed by atoms with van der Waals surface area (Å²) in [6.45, 7) is 3.76. The van der Waals surface area contributed by atoms with E-state index >= 15 is 0 Å². The molecule has 1 aromatic rings. The van der Waals surface area contributed by atoms with Gasteiger partial charge in [0.05, 0.1) is 6.61 Å². The Kier molecular flexibility index (Phi) is 4.03. The number of primary sulfonamides is 1. The number of sulfonamides is 1. The summed E-state index contributed by atoms with van der Waals surface area (Å²) in [7, 11) is -3.98. The molecule has 2 N–H and O–H groups in total. The summed E-state index contributed by atoms with van der Waals surface area (Å²) >= 11 is 0. The van der Waals surface area contributed by atoms with Gasteiger partial charge in [0.15, 0.2) is 0 Å². The molecule has 88 valence electrons. The van der Waals surface area contributed by atoms with Gasteiger partial charge in [-0.1, -0.05) is 6.08 Å². The van der Waals surface area contributed by atoms with Crippen molar-refractivity contribution in [3.05, 3.63) is 36.7 Å². The monoisotopic (exact) mass is 245 g/mol. The molecule has 0 fully saturated rings. The summed E-state index contributed by atoms with van der Waals surface area (Å²) in [5, 5.41) is 4.94. The minimum Gasteiger partial charge on any atom is -0.492 e. The van der Waals surface area contributed by atoms with E-state index in [4.69, 9.17) is 9.88 Å². The third-order valence-corrected chi connectivity index (χ3v) is 2.72. The topological polar surface area (TPSA) is 69.4 Å². The number of ether oxygens (including phenoxy) is 1. The van der Waals surface area contributed by atoms with Gasteiger partial charge in [-0.15, -0.1) is 6.58 Å². The zero-order chi connectivity index (χ0) is 12.2. The van der Waals surface area contributed by atoms with Crippen molar-refractivity contribution < 1.29 is 17.5 Å². The third-order valence-electron chi connectivity index (χ3n) is 1.79. The number of hydrogen-bond acceptors (Lipinski definition) is 3. The highest BCUT2D eigenvalue weighted by Gasteiger charge is 2.16. The van der Waals surface area contributed by atoms with Crippen molar-refractivity contribution in [3.8, 4) is 5.75 Å². The van der Waals surface area contributed by atoms with Gasteiger partial charge in [0, 0.05) is 0 Å². The lowest BCUT2D eigenvalue weighted by Crippen LogP contribution is -2.14. The Labute approximate surface area is 93.6 Å². The molecular formula is C10H12FNO3S. The molecule has 1 aromatic carbocycles. The molecule has 0 amide bonds. The van der Waals surface area contributed by atoms with E-state index in [9.17, 15) is 12.8 Å². The summed E-state index contributed by atoms with van der Waals surface area (Å²) < 4.78 is 40.3. The minimum absolute atomic E-state index is 0.0470. The highest BCUT2D eigenvalue weighted by molar-refractivity contribution is 7.89. The fourth-order valence-electron chi connectivity index (χ4n) is 1.08. The Bertz CT molecular complexity index is 485. The normalized spacial score (nSPS) is 11.1. The molecule has 0 spiro atoms. The molecule has 0 aliphatic rings. The smallest absolute Gasteiger partial charge is 0.241 e. The summed E-state index contributed by atoms with van der Waals surface area (Å²) in [5.41, 5.74) is 0. The van der Waals surface area contributed by atoms with Crippen molar-refractivity contribution in [3.63, 3.8) is 0 Å². The van der Waals surface area contributed by atoms with Gasteiger partial charge in [0.1, 0.15) is 16.5 Å². The zero-order valence-corrected chi connectivity index (χ0v) is 9.34. The molecule has 0 bridgehead atoms. The van der Waals surface area contributed by atoms with Crippen molar-refractivity contribution in [2.75, 3.05) is 6.61 Å². The van der Waals surface area contributed by atoms with Crippen molar-refractivity contribution >= 4 is 10.0 Å². The maximum atomic E-state index is 12.9. The molecule has 4 nitrogen and oxygen atoms in total. The third kappa shape index (κ3) is 3.32. The Morgan fingerprint density at radius 3 is 2.75 bits per heavy atom. The van der Waals surface area contributed by atoms with E-state index in [0.717, 1.165) is 12.1 Å². The lowest BCUT2D eigenvalue weighted by molar-refractivity contribution is 0.315. The number of nitrogens with two attached hydrogens (primary N) is 1. The van der Waals surface area contributed by atoms with Gasteiger partial charge < -0.3 is 4.74 Å². The van der Waals surface area contributed by atoms with Gasteiger partial charge >= 0.3 is 0 Å². The first-order valence-electron chi connectivity index (χ1n) is 4.51. The van der Waals surface area contributed by atoms with E-state index in [1.54, 1.807) is 6.08 Å². The van der Waals surface area contributed by atoms with Crippen molar-refractivity contribution in [2.24, 2.45) is 5.14 Å². The zero-order valence-electron chi connectivity index (χ0n) is 8.52. The second-order valence-electron chi connectivity index (χ2n) is 3.06. The second-order valence-corrected chi connectivity index (χ2v) is 4.59. The van der Waals surface area contributed by atoms with Crippen LogP contribution in [0.2, 0.25) is 0 Å². The number of rotatable bonds is 5. The fourth-order valence-corrected chi connectivity index (χ4v) is 1.76. The maximum absolute atomic E-state index is 12.9. The molecule has 0 saturated heterocycles. The summed E-state index contributed by atoms with van der Waals surface area (Å²) in [6.07, 6.45) is 2.18. The van der Waals surface area contributed by atoms with Crippen LogP contribution in [0.25, 0.3) is 0 Å². The standard InChI is InChI=1S/C10H12FNO3S/c1-2-3-6-15-9-5-4-8(11)7-10(9)16(12,13)14/h2,4-5,7H,1,3,6H2,(H2,12,13,14). The summed E-state index contributed by atoms with van der Waals surface area (Å²) in [5.74, 6) is -0.633. The van der Waals surface area contributed by atoms with Crippen molar-refractivity contribution in [1.82, 2.24) is 0 Å². The molecule has 6 heteroatoms. The first-order valence-corrected chi connectivity index (χ1v) is 6.06. The average molecular weight is 245 g/mol. The van der Waals surface area contributed by atoms with Crippen LogP contribution in [0.3, 0.4) is 0 Å². The largest absolute Gasteiger partial charge is 0.492 e. The summed E-state index contributed by atoms with van der Waals surface area (Å²) in [6, 6.07) is 3.18. The van der Waals surface area contributed by atoms with E-state index in [-0.39, 0.29) is 17.3 Å². The van der Waals surface area contributed by atoms with Crippen molar-refractivity contribution in [1.29, 1.82) is 0 Å². The minimum atomic E-state index is -3.98. The predicted octanol–water partition coefficient (Wildman–Crippen LogP) is 1.43. The first kappa shape index (κ1) is 12.7. The Balaban J connectivity index is 3.04. The van der Waals surface area contributed by atoms with E-state index in [0.29, 0.717) is 6.42 Å². The van der Waals surface area contributed by atoms with E-state index in [1.807, 2.05) is 0 Å². The molecule has 0 heterocycles. The fraction of sp³-hybridized carbons (Fsp3) is 0.200. The van der Waals surface area contributed by atoms with Crippen molar-refractivity contribution in [2.45, 2.75) is 11.3 Å². The Morgan fingerprint density at radius 2 is 2.19 bits per heavy atom. The van der Waals surface area contributed by atoms with Gasteiger partial charge in [0.25, 0.3) is 0 Å². The van der Waals surface area contributed by atoms with Gasteiger partial charge in [-0.3, -0.25) is 0 Å².